The lowest BCUT2D eigenvalue weighted by Crippen LogP contribution is -2.48. The number of carbonyl (C=O) groups excluding carboxylic acids is 1. The Hall–Kier alpha value is -3.65. The van der Waals surface area contributed by atoms with Crippen molar-refractivity contribution < 1.29 is 14.1 Å². The molecule has 0 aliphatic carbocycles. The van der Waals surface area contributed by atoms with Crippen LogP contribution in [-0.2, 0) is 4.79 Å². The largest absolute Gasteiger partial charge is 0.497 e. The van der Waals surface area contributed by atoms with E-state index in [9.17, 15) is 4.79 Å². The summed E-state index contributed by atoms with van der Waals surface area (Å²) in [7, 11) is 1.61. The third-order valence-electron chi connectivity index (χ3n) is 5.04. The molecule has 1 aromatic heterocycles. The molecule has 0 fully saturated rings. The third-order valence-corrected chi connectivity index (χ3v) is 5.34. The van der Waals surface area contributed by atoms with E-state index in [1.807, 2.05) is 66.4 Å². The molecule has 0 bridgehead atoms. The standard InChI is InChI=1S/C23H22N4O3S/c1-14-12-19(26-30-14)24-22(28)20-15(2)27(17-9-5-4-6-10-17)23(31)25-21(20)16-8-7-11-18(13-16)29-3/h4-13,21H,1-3H3,(H,25,31)(H,24,26,28). The van der Waals surface area contributed by atoms with Gasteiger partial charge in [-0.25, -0.2) is 0 Å². The molecule has 1 aliphatic heterocycles. The van der Waals surface area contributed by atoms with Crippen molar-refractivity contribution in [3.63, 3.8) is 0 Å². The number of rotatable bonds is 5. The van der Waals surface area contributed by atoms with E-state index < -0.39 is 6.04 Å². The maximum Gasteiger partial charge on any atom is 0.257 e. The number of ether oxygens (including phenoxy) is 1. The Labute approximate surface area is 185 Å². The number of methoxy groups -OCH3 is 1. The number of para-hydroxylation sites is 1. The van der Waals surface area contributed by atoms with E-state index in [1.165, 1.54) is 0 Å². The minimum atomic E-state index is -0.462. The lowest BCUT2D eigenvalue weighted by Gasteiger charge is -2.37. The Bertz CT molecular complexity index is 1160. The molecule has 7 nitrogen and oxygen atoms in total. The van der Waals surface area contributed by atoms with Gasteiger partial charge in [0.2, 0.25) is 0 Å². The van der Waals surface area contributed by atoms with Gasteiger partial charge in [0.25, 0.3) is 5.91 Å². The quantitative estimate of drug-likeness (QED) is 0.578. The van der Waals surface area contributed by atoms with Crippen molar-refractivity contribution in [1.82, 2.24) is 10.5 Å². The molecule has 2 N–H and O–H groups in total. The molecular formula is C23H22N4O3S. The number of thiocarbonyl (C=S) groups is 1. The molecule has 2 heterocycles. The highest BCUT2D eigenvalue weighted by atomic mass is 32.1. The predicted octanol–water partition coefficient (Wildman–Crippen LogP) is 4.34. The maximum atomic E-state index is 13.4. The van der Waals surface area contributed by atoms with Crippen molar-refractivity contribution in [1.29, 1.82) is 0 Å². The van der Waals surface area contributed by atoms with E-state index in [4.69, 9.17) is 21.5 Å². The third kappa shape index (κ3) is 4.15. The van der Waals surface area contributed by atoms with Crippen LogP contribution in [0.3, 0.4) is 0 Å². The Morgan fingerprint density at radius 2 is 1.94 bits per heavy atom. The monoisotopic (exact) mass is 434 g/mol. The lowest BCUT2D eigenvalue weighted by molar-refractivity contribution is -0.113. The van der Waals surface area contributed by atoms with Crippen molar-refractivity contribution in [2.75, 3.05) is 17.3 Å². The SMILES string of the molecule is COc1cccc(C2NC(=S)N(c3ccccc3)C(C)=C2C(=O)Nc2cc(C)on2)c1. The highest BCUT2D eigenvalue weighted by Gasteiger charge is 2.35. The summed E-state index contributed by atoms with van der Waals surface area (Å²) in [5.74, 6) is 1.36. The molecule has 1 amide bonds. The Morgan fingerprint density at radius 3 is 2.61 bits per heavy atom. The Balaban J connectivity index is 1.81. The van der Waals surface area contributed by atoms with Gasteiger partial charge in [0.05, 0.1) is 18.7 Å². The number of carbonyl (C=O) groups is 1. The summed E-state index contributed by atoms with van der Waals surface area (Å²) < 4.78 is 10.5. The van der Waals surface area contributed by atoms with Gasteiger partial charge in [0.15, 0.2) is 10.9 Å². The van der Waals surface area contributed by atoms with E-state index in [1.54, 1.807) is 20.1 Å². The molecule has 0 saturated carbocycles. The molecule has 1 atom stereocenters. The minimum absolute atomic E-state index is 0.297. The van der Waals surface area contributed by atoms with Gasteiger partial charge in [-0.2, -0.15) is 0 Å². The number of benzene rings is 2. The van der Waals surface area contributed by atoms with Crippen molar-refractivity contribution in [3.8, 4) is 5.75 Å². The second-order valence-corrected chi connectivity index (χ2v) is 7.49. The first-order valence-electron chi connectivity index (χ1n) is 9.73. The average Bonchev–Trinajstić information content (AvgIpc) is 3.18. The van der Waals surface area contributed by atoms with Gasteiger partial charge in [-0.3, -0.25) is 9.69 Å². The highest BCUT2D eigenvalue weighted by molar-refractivity contribution is 7.80. The lowest BCUT2D eigenvalue weighted by atomic mass is 9.94. The van der Waals surface area contributed by atoms with Crippen LogP contribution in [0.5, 0.6) is 5.75 Å². The first-order valence-corrected chi connectivity index (χ1v) is 10.1. The number of amides is 1. The van der Waals surface area contributed by atoms with Crippen LogP contribution in [0.15, 0.2) is 76.5 Å². The summed E-state index contributed by atoms with van der Waals surface area (Å²) in [5, 5.41) is 10.5. The van der Waals surface area contributed by atoms with Crippen LogP contribution in [0.4, 0.5) is 11.5 Å². The normalized spacial score (nSPS) is 16.2. The van der Waals surface area contributed by atoms with Gasteiger partial charge >= 0.3 is 0 Å². The number of anilines is 2. The van der Waals surface area contributed by atoms with Crippen LogP contribution in [0, 0.1) is 6.92 Å². The van der Waals surface area contributed by atoms with Gasteiger partial charge < -0.3 is 19.9 Å². The molecule has 158 valence electrons. The highest BCUT2D eigenvalue weighted by Crippen LogP contribution is 2.35. The van der Waals surface area contributed by atoms with Crippen molar-refractivity contribution in [3.05, 3.63) is 83.3 Å². The fourth-order valence-electron chi connectivity index (χ4n) is 3.61. The van der Waals surface area contributed by atoms with E-state index in [-0.39, 0.29) is 5.91 Å². The number of aryl methyl sites for hydroxylation is 1. The first kappa shape index (κ1) is 20.6. The molecule has 4 rings (SSSR count). The second-order valence-electron chi connectivity index (χ2n) is 7.11. The topological polar surface area (TPSA) is 79.6 Å². The number of nitrogens with one attached hydrogen (secondary N) is 2. The van der Waals surface area contributed by atoms with Crippen LogP contribution in [0.25, 0.3) is 0 Å². The fraction of sp³-hybridized carbons (Fsp3) is 0.174. The van der Waals surface area contributed by atoms with Crippen molar-refractivity contribution >= 4 is 34.7 Å². The molecule has 0 spiro atoms. The smallest absolute Gasteiger partial charge is 0.257 e. The van der Waals surface area contributed by atoms with Crippen LogP contribution in [-0.4, -0.2) is 23.3 Å². The van der Waals surface area contributed by atoms with Gasteiger partial charge in [-0.1, -0.05) is 35.5 Å². The van der Waals surface area contributed by atoms with E-state index in [2.05, 4.69) is 15.8 Å². The molecule has 8 heteroatoms. The average molecular weight is 435 g/mol. The zero-order valence-corrected chi connectivity index (χ0v) is 18.2. The van der Waals surface area contributed by atoms with Crippen LogP contribution in [0.2, 0.25) is 0 Å². The Kier molecular flexibility index (Phi) is 5.73. The summed E-state index contributed by atoms with van der Waals surface area (Å²) in [4.78, 5) is 15.3. The zero-order chi connectivity index (χ0) is 22.0. The van der Waals surface area contributed by atoms with E-state index >= 15 is 0 Å². The second kappa shape index (κ2) is 8.61. The first-order chi connectivity index (χ1) is 15.0. The van der Waals surface area contributed by atoms with Gasteiger partial charge in [-0.05, 0) is 55.9 Å². The number of allylic oxidation sites excluding steroid dienone is 1. The fourth-order valence-corrected chi connectivity index (χ4v) is 3.97. The molecule has 3 aromatic rings. The molecule has 1 aliphatic rings. The van der Waals surface area contributed by atoms with Gasteiger partial charge in [0, 0.05) is 17.5 Å². The molecule has 0 radical (unpaired) electrons. The van der Waals surface area contributed by atoms with Crippen LogP contribution >= 0.6 is 12.2 Å². The summed E-state index contributed by atoms with van der Waals surface area (Å²) >= 11 is 5.69. The van der Waals surface area contributed by atoms with E-state index in [0.29, 0.717) is 28.0 Å². The zero-order valence-electron chi connectivity index (χ0n) is 17.4. The van der Waals surface area contributed by atoms with Crippen LogP contribution < -0.4 is 20.3 Å². The van der Waals surface area contributed by atoms with Gasteiger partial charge in [0.1, 0.15) is 11.5 Å². The predicted molar refractivity (Wildman–Crippen MR) is 123 cm³/mol. The number of nitrogens with zero attached hydrogens (tertiary/aromatic N) is 2. The molecule has 0 saturated heterocycles. The molecule has 31 heavy (non-hydrogen) atoms. The maximum absolute atomic E-state index is 13.4. The molecule has 2 aromatic carbocycles. The molecular weight excluding hydrogens is 412 g/mol. The summed E-state index contributed by atoms with van der Waals surface area (Å²) in [5.41, 5.74) is 2.96. The van der Waals surface area contributed by atoms with Crippen molar-refractivity contribution in [2.45, 2.75) is 19.9 Å². The summed E-state index contributed by atoms with van der Waals surface area (Å²) in [6, 6.07) is 18.4. The minimum Gasteiger partial charge on any atom is -0.497 e. The summed E-state index contributed by atoms with van der Waals surface area (Å²) in [6.45, 7) is 3.65. The summed E-state index contributed by atoms with van der Waals surface area (Å²) in [6.07, 6.45) is 0. The number of hydrogen-bond donors (Lipinski definition) is 2. The number of hydrogen-bond acceptors (Lipinski definition) is 5. The van der Waals surface area contributed by atoms with Gasteiger partial charge in [-0.15, -0.1) is 0 Å². The Morgan fingerprint density at radius 1 is 1.16 bits per heavy atom. The van der Waals surface area contributed by atoms with Crippen molar-refractivity contribution in [2.24, 2.45) is 0 Å². The van der Waals surface area contributed by atoms with Crippen LogP contribution in [0.1, 0.15) is 24.3 Å². The van der Waals surface area contributed by atoms with E-state index in [0.717, 1.165) is 16.9 Å². The number of aromatic nitrogens is 1. The molecule has 1 unspecified atom stereocenters.